The normalized spacial score (nSPS) is 17.3. The van der Waals surface area contributed by atoms with Crippen LogP contribution in [0.1, 0.15) is 29.8 Å². The highest BCUT2D eigenvalue weighted by atomic mass is 16.2. The number of hydrogen-bond acceptors (Lipinski definition) is 4. The van der Waals surface area contributed by atoms with Crippen molar-refractivity contribution in [1.29, 1.82) is 0 Å². The van der Waals surface area contributed by atoms with Crippen LogP contribution >= 0.6 is 0 Å². The molecule has 9 nitrogen and oxygen atoms in total. The van der Waals surface area contributed by atoms with Crippen molar-refractivity contribution in [3.63, 3.8) is 0 Å². The van der Waals surface area contributed by atoms with Crippen LogP contribution < -0.4 is 10.6 Å². The first-order chi connectivity index (χ1) is 16.5. The number of aromatic nitrogens is 2. The zero-order valence-corrected chi connectivity index (χ0v) is 19.1. The Bertz CT molecular complexity index is 1230. The number of benzene rings is 2. The van der Waals surface area contributed by atoms with Crippen molar-refractivity contribution in [2.24, 2.45) is 0 Å². The van der Waals surface area contributed by atoms with E-state index >= 15 is 0 Å². The molecule has 3 heterocycles. The largest absolute Gasteiger partial charge is 0.342 e. The minimum absolute atomic E-state index is 0.0725. The van der Waals surface area contributed by atoms with E-state index in [9.17, 15) is 14.4 Å². The Kier molecular flexibility index (Phi) is 5.91. The Labute approximate surface area is 197 Å². The molecule has 1 fully saturated rings. The van der Waals surface area contributed by atoms with E-state index in [0.29, 0.717) is 38.9 Å². The standard InChI is InChI=1S/C25H28N6O3/c1-16-26-22-7-6-17(13-23(22)27-16)12-19(15-32)28-24(33)30-10-8-20(9-11-30)31-14-18-4-2-3-5-21(18)29-25(31)34/h2-7,13,15,19-20H,8-12,14H2,1H3,(H,26,27)(H,28,33)(H,29,34). The predicted octanol–water partition coefficient (Wildman–Crippen LogP) is 3.20. The van der Waals surface area contributed by atoms with Gasteiger partial charge >= 0.3 is 12.1 Å². The van der Waals surface area contributed by atoms with Crippen LogP contribution in [0.5, 0.6) is 0 Å². The fraction of sp³-hybridized carbons (Fsp3) is 0.360. The van der Waals surface area contributed by atoms with Crippen molar-refractivity contribution in [2.45, 2.75) is 44.8 Å². The molecule has 5 rings (SSSR count). The summed E-state index contributed by atoms with van der Waals surface area (Å²) in [6.45, 7) is 3.54. The molecule has 4 amide bonds. The number of nitrogens with one attached hydrogen (secondary N) is 3. The van der Waals surface area contributed by atoms with Gasteiger partial charge in [-0.2, -0.15) is 0 Å². The minimum Gasteiger partial charge on any atom is -0.342 e. The van der Waals surface area contributed by atoms with Gasteiger partial charge in [0.1, 0.15) is 12.1 Å². The van der Waals surface area contributed by atoms with Crippen molar-refractivity contribution in [3.8, 4) is 0 Å². The van der Waals surface area contributed by atoms with Crippen LogP contribution in [0.15, 0.2) is 42.5 Å². The second-order valence-electron chi connectivity index (χ2n) is 9.00. The van der Waals surface area contributed by atoms with Gasteiger partial charge in [-0.1, -0.05) is 24.3 Å². The maximum Gasteiger partial charge on any atom is 0.322 e. The van der Waals surface area contributed by atoms with Crippen LogP contribution in [-0.4, -0.2) is 63.3 Å². The number of aldehydes is 1. The number of anilines is 1. The molecule has 3 aromatic rings. The van der Waals surface area contributed by atoms with Gasteiger partial charge in [-0.25, -0.2) is 14.6 Å². The number of nitrogens with zero attached hydrogens (tertiary/aromatic N) is 3. The lowest BCUT2D eigenvalue weighted by molar-refractivity contribution is -0.109. The van der Waals surface area contributed by atoms with E-state index in [1.54, 1.807) is 4.90 Å². The number of para-hydroxylation sites is 1. The van der Waals surface area contributed by atoms with E-state index in [0.717, 1.165) is 40.0 Å². The van der Waals surface area contributed by atoms with Gasteiger partial charge in [0.2, 0.25) is 0 Å². The average Bonchev–Trinajstić information content (AvgIpc) is 3.22. The number of likely N-dealkylation sites (tertiary alicyclic amines) is 1. The number of fused-ring (bicyclic) bond motifs is 2. The zero-order chi connectivity index (χ0) is 23.7. The molecule has 0 spiro atoms. The number of hydrogen-bond donors (Lipinski definition) is 3. The number of H-pyrrole nitrogens is 1. The second kappa shape index (κ2) is 9.17. The first kappa shape index (κ1) is 21.9. The van der Waals surface area contributed by atoms with Crippen molar-refractivity contribution in [2.75, 3.05) is 18.4 Å². The third-order valence-corrected chi connectivity index (χ3v) is 6.65. The molecular formula is C25H28N6O3. The highest BCUT2D eigenvalue weighted by Crippen LogP contribution is 2.27. The van der Waals surface area contributed by atoms with Gasteiger partial charge in [0.25, 0.3) is 0 Å². The Morgan fingerprint density at radius 3 is 2.82 bits per heavy atom. The molecule has 176 valence electrons. The molecule has 34 heavy (non-hydrogen) atoms. The fourth-order valence-electron chi connectivity index (χ4n) is 4.84. The van der Waals surface area contributed by atoms with Gasteiger partial charge in [-0.15, -0.1) is 0 Å². The van der Waals surface area contributed by atoms with Crippen LogP contribution in [-0.2, 0) is 17.8 Å². The summed E-state index contributed by atoms with van der Waals surface area (Å²) in [6, 6.07) is 12.7. The molecular weight excluding hydrogens is 432 g/mol. The van der Waals surface area contributed by atoms with Crippen LogP contribution in [0.4, 0.5) is 15.3 Å². The monoisotopic (exact) mass is 460 g/mol. The number of piperidine rings is 1. The Morgan fingerprint density at radius 2 is 2.03 bits per heavy atom. The van der Waals surface area contributed by atoms with Crippen LogP contribution in [0.25, 0.3) is 11.0 Å². The Hall–Kier alpha value is -3.88. The second-order valence-corrected chi connectivity index (χ2v) is 9.00. The topological polar surface area (TPSA) is 110 Å². The lowest BCUT2D eigenvalue weighted by atomic mass is 10.0. The van der Waals surface area contributed by atoms with E-state index in [2.05, 4.69) is 20.6 Å². The molecule has 1 atom stereocenters. The van der Waals surface area contributed by atoms with Crippen LogP contribution in [0, 0.1) is 6.92 Å². The van der Waals surface area contributed by atoms with Crippen molar-refractivity contribution in [1.82, 2.24) is 25.1 Å². The number of amides is 4. The van der Waals surface area contributed by atoms with Crippen molar-refractivity contribution < 1.29 is 14.4 Å². The molecule has 3 N–H and O–H groups in total. The summed E-state index contributed by atoms with van der Waals surface area (Å²) >= 11 is 0. The van der Waals surface area contributed by atoms with Gasteiger partial charge < -0.3 is 30.2 Å². The number of carbonyl (C=O) groups is 3. The number of urea groups is 2. The average molecular weight is 461 g/mol. The maximum atomic E-state index is 12.8. The van der Waals surface area contributed by atoms with E-state index in [4.69, 9.17) is 0 Å². The third kappa shape index (κ3) is 4.46. The van der Waals surface area contributed by atoms with Gasteiger partial charge in [-0.3, -0.25) is 0 Å². The third-order valence-electron chi connectivity index (χ3n) is 6.65. The summed E-state index contributed by atoms with van der Waals surface area (Å²) in [4.78, 5) is 48.3. The number of rotatable bonds is 5. The summed E-state index contributed by atoms with van der Waals surface area (Å²) < 4.78 is 0. The van der Waals surface area contributed by atoms with E-state index in [1.807, 2.05) is 54.3 Å². The maximum absolute atomic E-state index is 12.8. The van der Waals surface area contributed by atoms with Gasteiger partial charge in [0.15, 0.2) is 0 Å². The number of aryl methyl sites for hydroxylation is 1. The predicted molar refractivity (Wildman–Crippen MR) is 129 cm³/mol. The summed E-state index contributed by atoms with van der Waals surface area (Å²) in [5, 5.41) is 5.81. The summed E-state index contributed by atoms with van der Waals surface area (Å²) in [6.07, 6.45) is 2.58. The molecule has 2 aromatic carbocycles. The molecule has 0 saturated carbocycles. The van der Waals surface area contributed by atoms with Crippen molar-refractivity contribution >= 4 is 35.1 Å². The molecule has 0 radical (unpaired) electrons. The molecule has 9 heteroatoms. The highest BCUT2D eigenvalue weighted by molar-refractivity contribution is 5.92. The van der Waals surface area contributed by atoms with Crippen molar-refractivity contribution in [3.05, 3.63) is 59.4 Å². The van der Waals surface area contributed by atoms with Gasteiger partial charge in [-0.05, 0) is 55.5 Å². The number of carbonyl (C=O) groups excluding carboxylic acids is 3. The molecule has 1 unspecified atom stereocenters. The Morgan fingerprint density at radius 1 is 1.24 bits per heavy atom. The molecule has 1 aromatic heterocycles. The molecule has 0 aliphatic carbocycles. The van der Waals surface area contributed by atoms with E-state index in [1.165, 1.54) is 0 Å². The fourth-order valence-corrected chi connectivity index (χ4v) is 4.84. The first-order valence-corrected chi connectivity index (χ1v) is 11.6. The lowest BCUT2D eigenvalue weighted by Crippen LogP contribution is -2.54. The summed E-state index contributed by atoms with van der Waals surface area (Å²) in [5.74, 6) is 0.835. The van der Waals surface area contributed by atoms with Crippen LogP contribution in [0.3, 0.4) is 0 Å². The molecule has 2 aliphatic heterocycles. The summed E-state index contributed by atoms with van der Waals surface area (Å²) in [7, 11) is 0. The number of aromatic amines is 1. The smallest absolute Gasteiger partial charge is 0.322 e. The van der Waals surface area contributed by atoms with Crippen LogP contribution in [0.2, 0.25) is 0 Å². The summed E-state index contributed by atoms with van der Waals surface area (Å²) in [5.41, 5.74) is 4.69. The molecule has 0 bridgehead atoms. The molecule has 1 saturated heterocycles. The Balaban J connectivity index is 1.16. The number of imidazole rings is 1. The first-order valence-electron chi connectivity index (χ1n) is 11.6. The zero-order valence-electron chi connectivity index (χ0n) is 19.1. The van der Waals surface area contributed by atoms with Gasteiger partial charge in [0, 0.05) is 31.4 Å². The highest BCUT2D eigenvalue weighted by Gasteiger charge is 2.32. The SMILES string of the molecule is Cc1nc2cc(CC(C=O)NC(=O)N3CCC(N4Cc5ccccc5NC4=O)CC3)ccc2[nH]1. The quantitative estimate of drug-likeness (QED) is 0.508. The van der Waals surface area contributed by atoms with Gasteiger partial charge in [0.05, 0.1) is 17.1 Å². The molecule has 2 aliphatic rings. The van der Waals surface area contributed by atoms with E-state index < -0.39 is 6.04 Å². The minimum atomic E-state index is -0.618. The van der Waals surface area contributed by atoms with E-state index in [-0.39, 0.29) is 18.1 Å². The lowest BCUT2D eigenvalue weighted by Gasteiger charge is -2.40.